The van der Waals surface area contributed by atoms with Crippen LogP contribution in [0.15, 0.2) is 0 Å². The highest BCUT2D eigenvalue weighted by molar-refractivity contribution is 5.82. The van der Waals surface area contributed by atoms with E-state index >= 15 is 0 Å². The molecule has 0 aromatic carbocycles. The molecule has 2 N–H and O–H groups in total. The Kier molecular flexibility index (Phi) is 2.62. The monoisotopic (exact) mass is 157 g/mol. The van der Waals surface area contributed by atoms with Gasteiger partial charge < -0.3 is 10.4 Å². The summed E-state index contributed by atoms with van der Waals surface area (Å²) in [6, 6.07) is -0.116. The van der Waals surface area contributed by atoms with Crippen molar-refractivity contribution in [3.05, 3.63) is 0 Å². The number of carbonyl (C=O) groups is 1. The molecule has 1 aliphatic rings. The van der Waals surface area contributed by atoms with Gasteiger partial charge in [0.15, 0.2) is 0 Å². The summed E-state index contributed by atoms with van der Waals surface area (Å²) in [7, 11) is 0. The molecule has 0 aromatic heterocycles. The van der Waals surface area contributed by atoms with Gasteiger partial charge in [0.05, 0.1) is 12.1 Å². The van der Waals surface area contributed by atoms with Crippen LogP contribution in [0.1, 0.15) is 20.3 Å². The molecule has 11 heavy (non-hydrogen) atoms. The Labute approximate surface area is 66.8 Å². The Bertz CT molecular complexity index is 158. The number of β-amino-alcohol motifs (C(OH)–C–C–N with tert-alkyl or cyclic N) is 1. The lowest BCUT2D eigenvalue weighted by atomic mass is 9.93. The molecule has 1 fully saturated rings. The standard InChI is InChI=1S/C8H15NO2/c1-3-6-7(11)4-9-8(6)5(2)10/h6-9,11H,3-4H2,1-2H3/t6-,7+,8-/m1/s1. The predicted octanol–water partition coefficient (Wildman–Crippen LogP) is -0.0657. The maximum atomic E-state index is 11.0. The number of hydrogen-bond acceptors (Lipinski definition) is 3. The third-order valence-corrected chi connectivity index (χ3v) is 2.38. The number of aliphatic hydroxyl groups excluding tert-OH is 1. The molecule has 1 heterocycles. The van der Waals surface area contributed by atoms with E-state index in [1.165, 1.54) is 0 Å². The second-order valence-corrected chi connectivity index (χ2v) is 3.14. The topological polar surface area (TPSA) is 49.3 Å². The van der Waals surface area contributed by atoms with Crippen molar-refractivity contribution in [3.63, 3.8) is 0 Å². The molecule has 3 atom stereocenters. The van der Waals surface area contributed by atoms with Crippen LogP contribution in [0.3, 0.4) is 0 Å². The van der Waals surface area contributed by atoms with Crippen LogP contribution < -0.4 is 5.32 Å². The summed E-state index contributed by atoms with van der Waals surface area (Å²) in [5, 5.41) is 12.4. The van der Waals surface area contributed by atoms with Gasteiger partial charge in [0.25, 0.3) is 0 Å². The number of aliphatic hydroxyl groups is 1. The van der Waals surface area contributed by atoms with Gasteiger partial charge in [-0.3, -0.25) is 4.79 Å². The fourth-order valence-corrected chi connectivity index (χ4v) is 1.73. The summed E-state index contributed by atoms with van der Waals surface area (Å²) in [5.74, 6) is 0.251. The molecular formula is C8H15NO2. The van der Waals surface area contributed by atoms with E-state index in [-0.39, 0.29) is 23.8 Å². The van der Waals surface area contributed by atoms with Crippen LogP contribution in [-0.2, 0) is 4.79 Å². The Morgan fingerprint density at radius 2 is 2.36 bits per heavy atom. The van der Waals surface area contributed by atoms with Crippen LogP contribution >= 0.6 is 0 Å². The van der Waals surface area contributed by atoms with E-state index in [0.717, 1.165) is 6.42 Å². The van der Waals surface area contributed by atoms with Crippen molar-refractivity contribution in [1.82, 2.24) is 5.32 Å². The first-order chi connectivity index (χ1) is 5.16. The van der Waals surface area contributed by atoms with Crippen molar-refractivity contribution in [2.24, 2.45) is 5.92 Å². The van der Waals surface area contributed by atoms with Crippen LogP contribution in [-0.4, -0.2) is 29.6 Å². The molecule has 1 rings (SSSR count). The minimum absolute atomic E-state index is 0.116. The highest BCUT2D eigenvalue weighted by Gasteiger charge is 2.35. The molecule has 0 radical (unpaired) electrons. The van der Waals surface area contributed by atoms with Gasteiger partial charge in [-0.15, -0.1) is 0 Å². The third-order valence-electron chi connectivity index (χ3n) is 2.38. The molecule has 64 valence electrons. The van der Waals surface area contributed by atoms with Crippen molar-refractivity contribution in [2.45, 2.75) is 32.4 Å². The van der Waals surface area contributed by atoms with E-state index in [1.807, 2.05) is 6.92 Å². The van der Waals surface area contributed by atoms with E-state index in [4.69, 9.17) is 0 Å². The van der Waals surface area contributed by atoms with Crippen LogP contribution in [0.5, 0.6) is 0 Å². The number of Topliss-reactive ketones (excluding diaryl/α,β-unsaturated/α-hetero) is 1. The zero-order chi connectivity index (χ0) is 8.43. The summed E-state index contributed by atoms with van der Waals surface area (Å²) in [6.45, 7) is 4.12. The first-order valence-electron chi connectivity index (χ1n) is 4.08. The largest absolute Gasteiger partial charge is 0.391 e. The van der Waals surface area contributed by atoms with E-state index in [2.05, 4.69) is 5.32 Å². The third kappa shape index (κ3) is 1.60. The Morgan fingerprint density at radius 3 is 2.73 bits per heavy atom. The molecule has 3 heteroatoms. The van der Waals surface area contributed by atoms with Crippen molar-refractivity contribution in [1.29, 1.82) is 0 Å². The van der Waals surface area contributed by atoms with Crippen LogP contribution in [0.2, 0.25) is 0 Å². The molecular weight excluding hydrogens is 142 g/mol. The van der Waals surface area contributed by atoms with E-state index in [9.17, 15) is 9.90 Å². The molecule has 0 amide bonds. The average Bonchev–Trinajstić information content (AvgIpc) is 2.30. The second-order valence-electron chi connectivity index (χ2n) is 3.14. The summed E-state index contributed by atoms with van der Waals surface area (Å²) in [4.78, 5) is 11.0. The van der Waals surface area contributed by atoms with E-state index in [1.54, 1.807) is 6.92 Å². The van der Waals surface area contributed by atoms with Crippen LogP contribution in [0, 0.1) is 5.92 Å². The summed E-state index contributed by atoms with van der Waals surface area (Å²) >= 11 is 0. The molecule has 0 unspecified atom stereocenters. The fraction of sp³-hybridized carbons (Fsp3) is 0.875. The zero-order valence-corrected chi connectivity index (χ0v) is 7.00. The molecule has 0 spiro atoms. The van der Waals surface area contributed by atoms with Gasteiger partial charge in [-0.25, -0.2) is 0 Å². The van der Waals surface area contributed by atoms with Gasteiger partial charge in [0, 0.05) is 12.5 Å². The number of rotatable bonds is 2. The lowest BCUT2D eigenvalue weighted by Gasteiger charge is -2.16. The molecule has 0 aliphatic carbocycles. The summed E-state index contributed by atoms with van der Waals surface area (Å²) in [5.41, 5.74) is 0. The van der Waals surface area contributed by atoms with Gasteiger partial charge in [-0.05, 0) is 13.3 Å². The van der Waals surface area contributed by atoms with Crippen LogP contribution in [0.25, 0.3) is 0 Å². The highest BCUT2D eigenvalue weighted by Crippen LogP contribution is 2.19. The second kappa shape index (κ2) is 3.32. The van der Waals surface area contributed by atoms with Crippen molar-refractivity contribution >= 4 is 5.78 Å². The predicted molar refractivity (Wildman–Crippen MR) is 42.3 cm³/mol. The minimum Gasteiger partial charge on any atom is -0.391 e. The number of nitrogens with one attached hydrogen (secondary N) is 1. The van der Waals surface area contributed by atoms with Crippen molar-refractivity contribution < 1.29 is 9.90 Å². The Balaban J connectivity index is 2.61. The van der Waals surface area contributed by atoms with E-state index < -0.39 is 0 Å². The maximum absolute atomic E-state index is 11.0. The zero-order valence-electron chi connectivity index (χ0n) is 7.00. The Hall–Kier alpha value is -0.410. The van der Waals surface area contributed by atoms with E-state index in [0.29, 0.717) is 6.54 Å². The smallest absolute Gasteiger partial charge is 0.147 e. The average molecular weight is 157 g/mol. The van der Waals surface area contributed by atoms with Crippen LogP contribution in [0.4, 0.5) is 0 Å². The number of ketones is 1. The SMILES string of the molecule is CC[C@H]1[C@@H](C(C)=O)NC[C@@H]1O. The normalized spacial score (nSPS) is 37.5. The van der Waals surface area contributed by atoms with Gasteiger partial charge in [0.2, 0.25) is 0 Å². The lowest BCUT2D eigenvalue weighted by Crippen LogP contribution is -2.34. The summed E-state index contributed by atoms with van der Waals surface area (Å²) < 4.78 is 0. The maximum Gasteiger partial charge on any atom is 0.147 e. The summed E-state index contributed by atoms with van der Waals surface area (Å²) in [6.07, 6.45) is 0.521. The quantitative estimate of drug-likeness (QED) is 0.590. The first-order valence-corrected chi connectivity index (χ1v) is 4.08. The number of hydrogen-bond donors (Lipinski definition) is 2. The first kappa shape index (κ1) is 8.68. The van der Waals surface area contributed by atoms with Crippen molar-refractivity contribution in [3.8, 4) is 0 Å². The van der Waals surface area contributed by atoms with Gasteiger partial charge in [-0.1, -0.05) is 6.92 Å². The van der Waals surface area contributed by atoms with Crippen molar-refractivity contribution in [2.75, 3.05) is 6.54 Å². The fourth-order valence-electron chi connectivity index (χ4n) is 1.73. The molecule has 0 saturated carbocycles. The van der Waals surface area contributed by atoms with Gasteiger partial charge in [-0.2, -0.15) is 0 Å². The number of carbonyl (C=O) groups excluding carboxylic acids is 1. The van der Waals surface area contributed by atoms with Gasteiger partial charge >= 0.3 is 0 Å². The molecule has 0 bridgehead atoms. The minimum atomic E-state index is -0.339. The lowest BCUT2D eigenvalue weighted by molar-refractivity contribution is -0.119. The molecule has 3 nitrogen and oxygen atoms in total. The van der Waals surface area contributed by atoms with Gasteiger partial charge in [0.1, 0.15) is 5.78 Å². The Morgan fingerprint density at radius 1 is 1.73 bits per heavy atom. The molecule has 1 saturated heterocycles. The molecule has 0 aromatic rings. The molecule has 1 aliphatic heterocycles. The highest BCUT2D eigenvalue weighted by atomic mass is 16.3.